The lowest BCUT2D eigenvalue weighted by Gasteiger charge is -2.21. The van der Waals surface area contributed by atoms with Crippen molar-refractivity contribution in [3.8, 4) is 0 Å². The molecule has 3 heterocycles. The molecular formula is C22H22ClN3O2. The monoisotopic (exact) mass is 395 g/mol. The van der Waals surface area contributed by atoms with Crippen molar-refractivity contribution in [2.75, 3.05) is 13.1 Å². The largest absolute Gasteiger partial charge is 0.349 e. The van der Waals surface area contributed by atoms with E-state index in [-0.39, 0.29) is 16.9 Å². The second kappa shape index (κ2) is 5.74. The third-order valence-electron chi connectivity index (χ3n) is 6.56. The van der Waals surface area contributed by atoms with E-state index in [0.717, 1.165) is 29.1 Å². The summed E-state index contributed by atoms with van der Waals surface area (Å²) in [5, 5.41) is 1.25. The van der Waals surface area contributed by atoms with Gasteiger partial charge in [0.25, 0.3) is 11.5 Å². The molecule has 0 radical (unpaired) electrons. The Morgan fingerprint density at radius 2 is 1.86 bits per heavy atom. The SMILES string of the molecule is Cc1cn(C)c(=O)c2c(C(=O)N3CC4CC4(c4ccc(Cl)cc4)C3)cn(C)c12. The second-order valence-corrected chi connectivity index (χ2v) is 8.79. The van der Waals surface area contributed by atoms with Crippen molar-refractivity contribution in [1.82, 2.24) is 14.0 Å². The molecule has 1 saturated heterocycles. The number of nitrogens with zero attached hydrogens (tertiary/aromatic N) is 3. The molecule has 1 amide bonds. The Morgan fingerprint density at radius 3 is 2.57 bits per heavy atom. The van der Waals surface area contributed by atoms with Crippen LogP contribution in [-0.2, 0) is 19.5 Å². The fourth-order valence-electron chi connectivity index (χ4n) is 5.10. The smallest absolute Gasteiger partial charge is 0.260 e. The Morgan fingerprint density at radius 1 is 1.14 bits per heavy atom. The van der Waals surface area contributed by atoms with Crippen molar-refractivity contribution in [3.05, 3.63) is 68.7 Å². The first kappa shape index (κ1) is 17.6. The van der Waals surface area contributed by atoms with E-state index in [1.54, 1.807) is 17.8 Å². The van der Waals surface area contributed by atoms with Gasteiger partial charge in [-0.1, -0.05) is 23.7 Å². The zero-order chi connectivity index (χ0) is 19.8. The lowest BCUT2D eigenvalue weighted by Crippen LogP contribution is -2.33. The molecule has 3 aromatic rings. The van der Waals surface area contributed by atoms with Crippen LogP contribution in [0.2, 0.25) is 5.02 Å². The number of aryl methyl sites for hydroxylation is 3. The maximum Gasteiger partial charge on any atom is 0.260 e. The van der Waals surface area contributed by atoms with Crippen molar-refractivity contribution < 1.29 is 4.79 Å². The molecule has 0 spiro atoms. The average molecular weight is 396 g/mol. The van der Waals surface area contributed by atoms with Crippen LogP contribution < -0.4 is 5.56 Å². The highest BCUT2D eigenvalue weighted by Crippen LogP contribution is 2.59. The molecule has 1 aromatic carbocycles. The van der Waals surface area contributed by atoms with E-state index in [1.807, 2.05) is 41.8 Å². The number of halogens is 1. The number of hydrogen-bond acceptors (Lipinski definition) is 2. The normalized spacial score (nSPS) is 23.3. The van der Waals surface area contributed by atoms with Gasteiger partial charge < -0.3 is 14.0 Å². The molecule has 5 rings (SSSR count). The standard InChI is InChI=1S/C22H22ClN3O2/c1-13-9-25(3)21(28)18-17(11-24(2)19(13)18)20(27)26-10-15-8-22(15,12-26)14-4-6-16(23)7-5-14/h4-7,9,11,15H,8,10,12H2,1-3H3. The highest BCUT2D eigenvalue weighted by Gasteiger charge is 2.61. The lowest BCUT2D eigenvalue weighted by atomic mass is 9.95. The van der Waals surface area contributed by atoms with Crippen molar-refractivity contribution in [2.24, 2.45) is 20.0 Å². The van der Waals surface area contributed by atoms with Crippen molar-refractivity contribution in [2.45, 2.75) is 18.8 Å². The number of amides is 1. The van der Waals surface area contributed by atoms with Crippen LogP contribution in [0.15, 0.2) is 41.5 Å². The summed E-state index contributed by atoms with van der Waals surface area (Å²) in [4.78, 5) is 28.1. The maximum absolute atomic E-state index is 13.4. The number of carbonyl (C=O) groups is 1. The first-order chi connectivity index (χ1) is 13.3. The first-order valence-corrected chi connectivity index (χ1v) is 9.90. The quantitative estimate of drug-likeness (QED) is 0.668. The van der Waals surface area contributed by atoms with E-state index in [9.17, 15) is 9.59 Å². The minimum absolute atomic E-state index is 0.0473. The number of hydrogen-bond donors (Lipinski definition) is 0. The van der Waals surface area contributed by atoms with Crippen molar-refractivity contribution in [3.63, 3.8) is 0 Å². The van der Waals surface area contributed by atoms with E-state index in [2.05, 4.69) is 12.1 Å². The summed E-state index contributed by atoms with van der Waals surface area (Å²) in [5.74, 6) is 0.436. The Kier molecular flexibility index (Phi) is 3.60. The summed E-state index contributed by atoms with van der Waals surface area (Å²) in [6, 6.07) is 7.99. The highest BCUT2D eigenvalue weighted by atomic mass is 35.5. The third kappa shape index (κ3) is 2.32. The van der Waals surface area contributed by atoms with Crippen LogP contribution >= 0.6 is 11.6 Å². The van der Waals surface area contributed by atoms with Gasteiger partial charge in [0.2, 0.25) is 0 Å². The molecule has 144 valence electrons. The molecule has 6 heteroatoms. The number of likely N-dealkylation sites (tertiary alicyclic amines) is 1. The minimum atomic E-state index is -0.124. The van der Waals surface area contributed by atoms with E-state index < -0.39 is 0 Å². The molecule has 2 fully saturated rings. The van der Waals surface area contributed by atoms with Gasteiger partial charge in [-0.3, -0.25) is 9.59 Å². The number of piperidine rings is 1. The lowest BCUT2D eigenvalue weighted by molar-refractivity contribution is 0.0774. The molecule has 0 bridgehead atoms. The summed E-state index contributed by atoms with van der Waals surface area (Å²) < 4.78 is 3.45. The minimum Gasteiger partial charge on any atom is -0.349 e. The number of pyridine rings is 1. The number of benzene rings is 1. The molecule has 2 aliphatic rings. The number of fused-ring (bicyclic) bond motifs is 2. The van der Waals surface area contributed by atoms with Gasteiger partial charge in [-0.15, -0.1) is 0 Å². The van der Waals surface area contributed by atoms with Gasteiger partial charge in [-0.25, -0.2) is 0 Å². The molecule has 2 aromatic heterocycles. The van der Waals surface area contributed by atoms with Crippen LogP contribution in [0.4, 0.5) is 0 Å². The average Bonchev–Trinajstić information content (AvgIpc) is 3.05. The predicted octanol–water partition coefficient (Wildman–Crippen LogP) is 3.25. The van der Waals surface area contributed by atoms with E-state index >= 15 is 0 Å². The van der Waals surface area contributed by atoms with Gasteiger partial charge in [0, 0.05) is 50.0 Å². The summed E-state index contributed by atoms with van der Waals surface area (Å²) in [6.07, 6.45) is 4.73. The van der Waals surface area contributed by atoms with Gasteiger partial charge in [0.05, 0.1) is 16.5 Å². The Balaban J connectivity index is 1.52. The van der Waals surface area contributed by atoms with Crippen LogP contribution in [0.5, 0.6) is 0 Å². The molecule has 0 N–H and O–H groups in total. The van der Waals surface area contributed by atoms with E-state index in [4.69, 9.17) is 11.6 Å². The predicted molar refractivity (Wildman–Crippen MR) is 110 cm³/mol. The Bertz CT molecular complexity index is 1190. The second-order valence-electron chi connectivity index (χ2n) is 8.36. The van der Waals surface area contributed by atoms with Crippen molar-refractivity contribution in [1.29, 1.82) is 0 Å². The zero-order valence-electron chi connectivity index (χ0n) is 16.2. The highest BCUT2D eigenvalue weighted by molar-refractivity contribution is 6.30. The van der Waals surface area contributed by atoms with Gasteiger partial charge in [-0.05, 0) is 42.5 Å². The topological polar surface area (TPSA) is 47.2 Å². The molecule has 1 saturated carbocycles. The number of rotatable bonds is 2. The van der Waals surface area contributed by atoms with Crippen LogP contribution in [0, 0.1) is 12.8 Å². The molecule has 5 nitrogen and oxygen atoms in total. The van der Waals surface area contributed by atoms with Crippen molar-refractivity contribution >= 4 is 28.4 Å². The van der Waals surface area contributed by atoms with Crippen LogP contribution in [0.25, 0.3) is 10.9 Å². The Labute approximate surface area is 168 Å². The van der Waals surface area contributed by atoms with Gasteiger partial charge in [0.1, 0.15) is 0 Å². The summed E-state index contributed by atoms with van der Waals surface area (Å²) in [6.45, 7) is 3.40. The Hall–Kier alpha value is -2.53. The molecule has 1 aliphatic carbocycles. The first-order valence-electron chi connectivity index (χ1n) is 9.52. The fourth-order valence-corrected chi connectivity index (χ4v) is 5.23. The third-order valence-corrected chi connectivity index (χ3v) is 6.81. The summed E-state index contributed by atoms with van der Waals surface area (Å²) in [7, 11) is 3.62. The molecule has 1 aliphatic heterocycles. The molecular weight excluding hydrogens is 374 g/mol. The fraction of sp³-hybridized carbons (Fsp3) is 0.364. The van der Waals surface area contributed by atoms with Gasteiger partial charge in [-0.2, -0.15) is 0 Å². The van der Waals surface area contributed by atoms with Crippen LogP contribution in [0.3, 0.4) is 0 Å². The summed E-state index contributed by atoms with van der Waals surface area (Å²) >= 11 is 6.04. The summed E-state index contributed by atoms with van der Waals surface area (Å²) in [5.41, 5.74) is 3.51. The molecule has 2 atom stereocenters. The maximum atomic E-state index is 13.4. The van der Waals surface area contributed by atoms with E-state index in [0.29, 0.717) is 23.4 Å². The molecule has 2 unspecified atom stereocenters. The number of aromatic nitrogens is 2. The molecule has 28 heavy (non-hydrogen) atoms. The van der Waals surface area contributed by atoms with E-state index in [1.165, 1.54) is 5.56 Å². The van der Waals surface area contributed by atoms with Gasteiger partial charge >= 0.3 is 0 Å². The zero-order valence-corrected chi connectivity index (χ0v) is 17.0. The van der Waals surface area contributed by atoms with Crippen LogP contribution in [0.1, 0.15) is 27.9 Å². The number of carbonyl (C=O) groups excluding carboxylic acids is 1. The van der Waals surface area contributed by atoms with Gasteiger partial charge in [0.15, 0.2) is 0 Å². The van der Waals surface area contributed by atoms with Crippen LogP contribution in [-0.4, -0.2) is 33.0 Å².